The number of benzene rings is 1. The van der Waals surface area contributed by atoms with Crippen molar-refractivity contribution in [3.63, 3.8) is 0 Å². The molecule has 1 rings (SSSR count). The van der Waals surface area contributed by atoms with E-state index in [-0.39, 0.29) is 25.3 Å². The second kappa shape index (κ2) is 6.61. The summed E-state index contributed by atoms with van der Waals surface area (Å²) in [5.74, 6) is -1.11. The third-order valence-electron chi connectivity index (χ3n) is 2.44. The molecule has 18 heavy (non-hydrogen) atoms. The van der Waals surface area contributed by atoms with Crippen LogP contribution in [-0.4, -0.2) is 35.5 Å². The lowest BCUT2D eigenvalue weighted by molar-refractivity contribution is -0.138. The van der Waals surface area contributed by atoms with Crippen LogP contribution in [0.15, 0.2) is 18.2 Å². The number of carbonyl (C=O) groups excluding carboxylic acids is 1. The van der Waals surface area contributed by atoms with Gasteiger partial charge in [-0.25, -0.2) is 0 Å². The van der Waals surface area contributed by atoms with E-state index < -0.39 is 5.97 Å². The number of hydrogen-bond donors (Lipinski definition) is 1. The Kier molecular flexibility index (Phi) is 5.44. The summed E-state index contributed by atoms with van der Waals surface area (Å²) in [6, 6.07) is 4.92. The zero-order chi connectivity index (χ0) is 13.7. The largest absolute Gasteiger partial charge is 0.481 e. The number of rotatable bonds is 5. The number of aliphatic carboxylic acids is 1. The van der Waals surface area contributed by atoms with Crippen LogP contribution in [0.4, 0.5) is 0 Å². The van der Waals surface area contributed by atoms with E-state index in [0.29, 0.717) is 15.6 Å². The number of likely N-dealkylation sites (N-methyl/N-ethyl adjacent to an activating group) is 1. The number of nitrogens with zero attached hydrogens (tertiary/aromatic N) is 1. The van der Waals surface area contributed by atoms with Gasteiger partial charge in [-0.15, -0.1) is 0 Å². The van der Waals surface area contributed by atoms with Crippen molar-refractivity contribution in [2.75, 3.05) is 13.6 Å². The number of halogens is 2. The quantitative estimate of drug-likeness (QED) is 0.906. The maximum atomic E-state index is 11.8. The minimum absolute atomic E-state index is 0.0728. The second-order valence-corrected chi connectivity index (χ2v) is 4.72. The zero-order valence-corrected chi connectivity index (χ0v) is 11.3. The van der Waals surface area contributed by atoms with Crippen LogP contribution in [0.1, 0.15) is 12.0 Å². The van der Waals surface area contributed by atoms with E-state index in [9.17, 15) is 9.59 Å². The van der Waals surface area contributed by atoms with Gasteiger partial charge in [0.1, 0.15) is 0 Å². The lowest BCUT2D eigenvalue weighted by Gasteiger charge is -2.16. The van der Waals surface area contributed by atoms with Crippen LogP contribution >= 0.6 is 23.2 Å². The molecule has 0 heterocycles. The van der Waals surface area contributed by atoms with Crippen molar-refractivity contribution in [3.8, 4) is 0 Å². The number of amides is 1. The third kappa shape index (κ3) is 4.55. The Morgan fingerprint density at radius 3 is 2.56 bits per heavy atom. The first kappa shape index (κ1) is 14.8. The molecule has 0 unspecified atom stereocenters. The Balaban J connectivity index is 2.61. The topological polar surface area (TPSA) is 57.6 Å². The second-order valence-electron chi connectivity index (χ2n) is 3.87. The first-order valence-electron chi connectivity index (χ1n) is 5.30. The molecule has 0 bridgehead atoms. The van der Waals surface area contributed by atoms with E-state index in [1.165, 1.54) is 4.90 Å². The Morgan fingerprint density at radius 1 is 1.33 bits per heavy atom. The third-order valence-corrected chi connectivity index (χ3v) is 3.03. The van der Waals surface area contributed by atoms with Gasteiger partial charge in [0.15, 0.2) is 0 Å². The normalized spacial score (nSPS) is 10.2. The molecule has 4 nitrogen and oxygen atoms in total. The van der Waals surface area contributed by atoms with E-state index in [2.05, 4.69) is 0 Å². The van der Waals surface area contributed by atoms with Crippen LogP contribution < -0.4 is 0 Å². The SMILES string of the molecule is CN(CCC(=O)O)C(=O)Cc1ccc(Cl)cc1Cl. The van der Waals surface area contributed by atoms with Crippen molar-refractivity contribution in [1.82, 2.24) is 4.90 Å². The van der Waals surface area contributed by atoms with Crippen LogP contribution in [0.2, 0.25) is 10.0 Å². The van der Waals surface area contributed by atoms with Crippen molar-refractivity contribution >= 4 is 35.1 Å². The summed E-state index contributed by atoms with van der Waals surface area (Å²) in [7, 11) is 1.56. The van der Waals surface area contributed by atoms with Crippen LogP contribution in [-0.2, 0) is 16.0 Å². The van der Waals surface area contributed by atoms with Gasteiger partial charge >= 0.3 is 5.97 Å². The summed E-state index contributed by atoms with van der Waals surface area (Å²) in [5.41, 5.74) is 0.674. The smallest absolute Gasteiger partial charge is 0.305 e. The van der Waals surface area contributed by atoms with Gasteiger partial charge in [-0.05, 0) is 17.7 Å². The molecule has 0 fully saturated rings. The van der Waals surface area contributed by atoms with Gasteiger partial charge in [-0.3, -0.25) is 9.59 Å². The number of hydrogen-bond acceptors (Lipinski definition) is 2. The Morgan fingerprint density at radius 2 is 2.00 bits per heavy atom. The maximum Gasteiger partial charge on any atom is 0.305 e. The molecule has 1 amide bonds. The summed E-state index contributed by atoms with van der Waals surface area (Å²) >= 11 is 11.7. The molecule has 6 heteroatoms. The Hall–Kier alpha value is -1.26. The molecule has 0 spiro atoms. The van der Waals surface area contributed by atoms with E-state index in [1.807, 2.05) is 0 Å². The average molecular weight is 290 g/mol. The monoisotopic (exact) mass is 289 g/mol. The molecule has 98 valence electrons. The fourth-order valence-corrected chi connectivity index (χ4v) is 1.83. The summed E-state index contributed by atoms with van der Waals surface area (Å²) in [6.07, 6.45) is 0.0582. The number of carboxylic acids is 1. The fourth-order valence-electron chi connectivity index (χ4n) is 1.35. The number of carbonyl (C=O) groups is 2. The van der Waals surface area contributed by atoms with Gasteiger partial charge in [-0.1, -0.05) is 29.3 Å². The highest BCUT2D eigenvalue weighted by molar-refractivity contribution is 6.35. The molecule has 1 aromatic rings. The minimum atomic E-state index is -0.931. The summed E-state index contributed by atoms with van der Waals surface area (Å²) in [6.45, 7) is 0.180. The Labute approximate surface area is 115 Å². The van der Waals surface area contributed by atoms with Crippen molar-refractivity contribution in [2.24, 2.45) is 0 Å². The molecular formula is C12H13Cl2NO3. The molecule has 0 saturated heterocycles. The van der Waals surface area contributed by atoms with Gasteiger partial charge in [0.2, 0.25) is 5.91 Å². The molecule has 0 aliphatic heterocycles. The highest BCUT2D eigenvalue weighted by atomic mass is 35.5. The average Bonchev–Trinajstić information content (AvgIpc) is 2.29. The van der Waals surface area contributed by atoms with Crippen LogP contribution in [0.3, 0.4) is 0 Å². The van der Waals surface area contributed by atoms with Crippen molar-refractivity contribution in [2.45, 2.75) is 12.8 Å². The van der Waals surface area contributed by atoms with Gasteiger partial charge in [-0.2, -0.15) is 0 Å². The lowest BCUT2D eigenvalue weighted by atomic mass is 10.1. The van der Waals surface area contributed by atoms with Gasteiger partial charge in [0, 0.05) is 23.6 Å². The highest BCUT2D eigenvalue weighted by Gasteiger charge is 2.13. The highest BCUT2D eigenvalue weighted by Crippen LogP contribution is 2.21. The molecule has 0 aliphatic rings. The van der Waals surface area contributed by atoms with Crippen molar-refractivity contribution < 1.29 is 14.7 Å². The molecule has 0 aromatic heterocycles. The Bertz CT molecular complexity index is 463. The van der Waals surface area contributed by atoms with Gasteiger partial charge in [0.05, 0.1) is 12.8 Å². The first-order chi connectivity index (χ1) is 8.40. The van der Waals surface area contributed by atoms with Crippen molar-refractivity contribution in [1.29, 1.82) is 0 Å². The molecular weight excluding hydrogens is 277 g/mol. The summed E-state index contributed by atoms with van der Waals surface area (Å²) in [5, 5.41) is 9.48. The summed E-state index contributed by atoms with van der Waals surface area (Å²) < 4.78 is 0. The standard InChI is InChI=1S/C12H13Cl2NO3/c1-15(5-4-12(17)18)11(16)6-8-2-3-9(13)7-10(8)14/h2-3,7H,4-6H2,1H3,(H,17,18). The molecule has 1 aromatic carbocycles. The van der Waals surface area contributed by atoms with E-state index in [0.717, 1.165) is 0 Å². The minimum Gasteiger partial charge on any atom is -0.481 e. The lowest BCUT2D eigenvalue weighted by Crippen LogP contribution is -2.30. The van der Waals surface area contributed by atoms with E-state index in [4.69, 9.17) is 28.3 Å². The van der Waals surface area contributed by atoms with Crippen molar-refractivity contribution in [3.05, 3.63) is 33.8 Å². The van der Waals surface area contributed by atoms with Crippen LogP contribution in [0, 0.1) is 0 Å². The first-order valence-corrected chi connectivity index (χ1v) is 6.05. The van der Waals surface area contributed by atoms with Crippen LogP contribution in [0.25, 0.3) is 0 Å². The summed E-state index contributed by atoms with van der Waals surface area (Å²) in [4.78, 5) is 23.6. The molecule has 0 saturated carbocycles. The van der Waals surface area contributed by atoms with E-state index >= 15 is 0 Å². The maximum absolute atomic E-state index is 11.8. The fraction of sp³-hybridized carbons (Fsp3) is 0.333. The number of carboxylic acid groups (broad SMARTS) is 1. The van der Waals surface area contributed by atoms with E-state index in [1.54, 1.807) is 25.2 Å². The molecule has 0 radical (unpaired) electrons. The molecule has 0 atom stereocenters. The molecule has 0 aliphatic carbocycles. The zero-order valence-electron chi connectivity index (χ0n) is 9.82. The predicted octanol–water partition coefficient (Wildman–Crippen LogP) is 2.47. The van der Waals surface area contributed by atoms with Crippen LogP contribution in [0.5, 0.6) is 0 Å². The van der Waals surface area contributed by atoms with Gasteiger partial charge < -0.3 is 10.0 Å². The predicted molar refractivity (Wildman–Crippen MR) is 70.1 cm³/mol. The van der Waals surface area contributed by atoms with Gasteiger partial charge in [0.25, 0.3) is 0 Å². The molecule has 1 N–H and O–H groups in total.